The molecule has 2 aromatic heterocycles. The summed E-state index contributed by atoms with van der Waals surface area (Å²) >= 11 is 5.94. The van der Waals surface area contributed by atoms with Crippen molar-refractivity contribution in [3.05, 3.63) is 64.7 Å². The third kappa shape index (κ3) is 4.03. The van der Waals surface area contributed by atoms with Gasteiger partial charge in [-0.15, -0.1) is 0 Å². The Bertz CT molecular complexity index is 1390. The van der Waals surface area contributed by atoms with Crippen LogP contribution in [-0.4, -0.2) is 37.7 Å². The molecule has 0 radical (unpaired) electrons. The fraction of sp³-hybridized carbons (Fsp3) is 0.250. The van der Waals surface area contributed by atoms with E-state index in [1.807, 2.05) is 0 Å². The van der Waals surface area contributed by atoms with Crippen LogP contribution in [-0.2, 0) is 9.59 Å². The first-order chi connectivity index (χ1) is 16.7. The Morgan fingerprint density at radius 1 is 1.23 bits per heavy atom. The predicted octanol–water partition coefficient (Wildman–Crippen LogP) is 4.46. The number of aromatic amines is 1. The van der Waals surface area contributed by atoms with Crippen LogP contribution in [0.3, 0.4) is 0 Å². The Morgan fingerprint density at radius 3 is 2.80 bits per heavy atom. The average Bonchev–Trinajstić information content (AvgIpc) is 3.45. The van der Waals surface area contributed by atoms with E-state index in [1.165, 1.54) is 43.6 Å². The van der Waals surface area contributed by atoms with Gasteiger partial charge >= 0.3 is 0 Å². The van der Waals surface area contributed by atoms with Crippen molar-refractivity contribution in [3.63, 3.8) is 0 Å². The highest BCUT2D eigenvalue weighted by Crippen LogP contribution is 2.44. The molecule has 8 nitrogen and oxygen atoms in total. The summed E-state index contributed by atoms with van der Waals surface area (Å²) in [5, 5.41) is 2.30. The largest absolute Gasteiger partial charge is 0.398 e. The molecule has 5 rings (SSSR count). The standard InChI is InChI=1S/C24H21ClF2N6O2/c1-11(34)31-24-21(26)14(6-7-29-24)17-10-30-23(32-17)18-5-2-13-8-12(9-19(35)33(13)18)20-16(28)4-3-15(25)22(20)27/h3-4,6-7,9-10,13,18H,2,5,8,28H2,1H3,(H,30,32)(H,29,31,34)/t13-,18+/m1/s1. The van der Waals surface area contributed by atoms with Crippen molar-refractivity contribution in [3.8, 4) is 11.3 Å². The number of carbonyl (C=O) groups is 2. The molecule has 0 saturated carbocycles. The molecule has 1 saturated heterocycles. The van der Waals surface area contributed by atoms with Crippen LogP contribution < -0.4 is 11.1 Å². The van der Waals surface area contributed by atoms with Crippen molar-refractivity contribution in [2.45, 2.75) is 38.3 Å². The highest BCUT2D eigenvalue weighted by atomic mass is 35.5. The van der Waals surface area contributed by atoms with E-state index >= 15 is 0 Å². The number of amides is 2. The fourth-order valence-electron chi connectivity index (χ4n) is 4.84. The van der Waals surface area contributed by atoms with Gasteiger partial charge in [0.15, 0.2) is 17.5 Å². The summed E-state index contributed by atoms with van der Waals surface area (Å²) in [6.45, 7) is 1.27. The zero-order chi connectivity index (χ0) is 24.9. The molecule has 1 fully saturated rings. The number of nitrogens with zero attached hydrogens (tertiary/aromatic N) is 3. The minimum absolute atomic E-state index is 0.0533. The predicted molar refractivity (Wildman–Crippen MR) is 127 cm³/mol. The molecule has 11 heteroatoms. The van der Waals surface area contributed by atoms with Crippen LogP contribution >= 0.6 is 11.6 Å². The van der Waals surface area contributed by atoms with Crippen LogP contribution in [0.2, 0.25) is 5.02 Å². The van der Waals surface area contributed by atoms with Crippen LogP contribution in [0, 0.1) is 11.6 Å². The fourth-order valence-corrected chi connectivity index (χ4v) is 4.99. The van der Waals surface area contributed by atoms with Gasteiger partial charge in [-0.2, -0.15) is 0 Å². The molecule has 0 spiro atoms. The summed E-state index contributed by atoms with van der Waals surface area (Å²) in [5.41, 5.74) is 7.48. The number of nitrogen functional groups attached to an aromatic ring is 1. The second kappa shape index (κ2) is 8.77. The molecule has 2 amide bonds. The van der Waals surface area contributed by atoms with Crippen molar-refractivity contribution in [1.29, 1.82) is 0 Å². The topological polar surface area (TPSA) is 117 Å². The van der Waals surface area contributed by atoms with E-state index in [0.717, 1.165) is 0 Å². The van der Waals surface area contributed by atoms with Crippen LogP contribution in [0.25, 0.3) is 16.8 Å². The van der Waals surface area contributed by atoms with Crippen LogP contribution in [0.1, 0.15) is 43.6 Å². The number of anilines is 2. The van der Waals surface area contributed by atoms with Gasteiger partial charge in [-0.05, 0) is 43.0 Å². The molecule has 3 aromatic rings. The number of H-pyrrole nitrogens is 1. The number of nitrogens with one attached hydrogen (secondary N) is 2. The minimum Gasteiger partial charge on any atom is -0.398 e. The average molecular weight is 499 g/mol. The van der Waals surface area contributed by atoms with Crippen LogP contribution in [0.4, 0.5) is 20.3 Å². The normalized spacial score (nSPS) is 19.5. The van der Waals surface area contributed by atoms with E-state index in [0.29, 0.717) is 36.4 Å². The zero-order valence-electron chi connectivity index (χ0n) is 18.6. The molecular formula is C24H21ClF2N6O2. The summed E-state index contributed by atoms with van der Waals surface area (Å²) in [7, 11) is 0. The maximum absolute atomic E-state index is 14.9. The number of pyridine rings is 1. The highest BCUT2D eigenvalue weighted by molar-refractivity contribution is 6.31. The summed E-state index contributed by atoms with van der Waals surface area (Å²) < 4.78 is 29.6. The SMILES string of the molecule is CC(=O)Nc1nccc(-c2cnc([C@@H]3CC[C@@H]4CC(c5c(N)ccc(Cl)c5F)=CC(=O)N43)[nH]2)c1F. The van der Waals surface area contributed by atoms with E-state index in [9.17, 15) is 18.4 Å². The van der Waals surface area contributed by atoms with Crippen molar-refractivity contribution < 1.29 is 18.4 Å². The maximum atomic E-state index is 14.9. The van der Waals surface area contributed by atoms with E-state index in [4.69, 9.17) is 17.3 Å². The molecule has 0 bridgehead atoms. The lowest BCUT2D eigenvalue weighted by molar-refractivity contribution is -0.129. The van der Waals surface area contributed by atoms with E-state index in [1.54, 1.807) is 4.90 Å². The Labute approximate surface area is 204 Å². The molecular weight excluding hydrogens is 478 g/mol. The number of halogens is 3. The Hall–Kier alpha value is -3.79. The molecule has 0 aliphatic carbocycles. The van der Waals surface area contributed by atoms with Crippen molar-refractivity contribution in [1.82, 2.24) is 19.9 Å². The van der Waals surface area contributed by atoms with E-state index in [2.05, 4.69) is 20.3 Å². The van der Waals surface area contributed by atoms with E-state index < -0.39 is 17.5 Å². The monoisotopic (exact) mass is 498 g/mol. The number of benzene rings is 1. The first-order valence-electron chi connectivity index (χ1n) is 11.0. The smallest absolute Gasteiger partial charge is 0.247 e. The number of imidazole rings is 1. The first kappa shape index (κ1) is 23.0. The molecule has 2 aliphatic heterocycles. The molecule has 2 aliphatic rings. The summed E-state index contributed by atoms with van der Waals surface area (Å²) in [6, 6.07) is 3.87. The molecule has 4 N–H and O–H groups in total. The summed E-state index contributed by atoms with van der Waals surface area (Å²) in [6.07, 6.45) is 6.01. The van der Waals surface area contributed by atoms with Gasteiger partial charge in [0.2, 0.25) is 11.8 Å². The Morgan fingerprint density at radius 2 is 2.03 bits per heavy atom. The number of nitrogens with two attached hydrogens (primary N) is 1. The molecule has 1 aromatic carbocycles. The third-order valence-corrected chi connectivity index (χ3v) is 6.64. The quantitative estimate of drug-likeness (QED) is 0.459. The van der Waals surface area contributed by atoms with E-state index in [-0.39, 0.29) is 45.6 Å². The lowest BCUT2D eigenvalue weighted by Gasteiger charge is -2.33. The van der Waals surface area contributed by atoms with Crippen LogP contribution in [0.5, 0.6) is 0 Å². The van der Waals surface area contributed by atoms with Gasteiger partial charge < -0.3 is 20.9 Å². The van der Waals surface area contributed by atoms with Gasteiger partial charge in [-0.3, -0.25) is 9.59 Å². The first-order valence-corrected chi connectivity index (χ1v) is 11.4. The molecule has 4 heterocycles. The number of rotatable bonds is 4. The zero-order valence-corrected chi connectivity index (χ0v) is 19.4. The lowest BCUT2D eigenvalue weighted by Crippen LogP contribution is -2.39. The molecule has 180 valence electrons. The van der Waals surface area contributed by atoms with Crippen molar-refractivity contribution in [2.24, 2.45) is 0 Å². The second-order valence-corrected chi connectivity index (χ2v) is 8.98. The Kier molecular flexibility index (Phi) is 5.76. The van der Waals surface area contributed by atoms with Gasteiger partial charge in [-0.1, -0.05) is 11.6 Å². The lowest BCUT2D eigenvalue weighted by atomic mass is 9.92. The molecule has 2 atom stereocenters. The van der Waals surface area contributed by atoms with Crippen molar-refractivity contribution >= 4 is 40.5 Å². The number of hydrogen-bond acceptors (Lipinski definition) is 5. The summed E-state index contributed by atoms with van der Waals surface area (Å²) in [5.74, 6) is -1.71. The van der Waals surface area contributed by atoms with Gasteiger partial charge in [0, 0.05) is 42.1 Å². The molecule has 0 unspecified atom stereocenters. The number of fused-ring (bicyclic) bond motifs is 1. The second-order valence-electron chi connectivity index (χ2n) is 8.58. The van der Waals surface area contributed by atoms with Gasteiger partial charge in [0.25, 0.3) is 0 Å². The summed E-state index contributed by atoms with van der Waals surface area (Å²) in [4.78, 5) is 37.5. The highest BCUT2D eigenvalue weighted by Gasteiger charge is 2.42. The van der Waals surface area contributed by atoms with Gasteiger partial charge in [0.1, 0.15) is 5.82 Å². The third-order valence-electron chi connectivity index (χ3n) is 6.34. The minimum atomic E-state index is -0.690. The number of aromatic nitrogens is 3. The number of hydrogen-bond donors (Lipinski definition) is 3. The Balaban J connectivity index is 1.43. The van der Waals surface area contributed by atoms with Crippen molar-refractivity contribution in [2.75, 3.05) is 11.1 Å². The van der Waals surface area contributed by atoms with Gasteiger partial charge in [-0.25, -0.2) is 18.7 Å². The van der Waals surface area contributed by atoms with Crippen LogP contribution in [0.15, 0.2) is 36.7 Å². The number of carbonyl (C=O) groups excluding carboxylic acids is 2. The maximum Gasteiger partial charge on any atom is 0.247 e. The van der Waals surface area contributed by atoms with Gasteiger partial charge in [0.05, 0.1) is 23.0 Å². The molecule has 35 heavy (non-hydrogen) atoms.